The van der Waals surface area contributed by atoms with Gasteiger partial charge in [-0.25, -0.2) is 0 Å². The van der Waals surface area contributed by atoms with Crippen molar-refractivity contribution in [3.63, 3.8) is 0 Å². The lowest BCUT2D eigenvalue weighted by Gasteiger charge is -2.33. The van der Waals surface area contributed by atoms with Crippen molar-refractivity contribution in [3.8, 4) is 0 Å². The van der Waals surface area contributed by atoms with Crippen molar-refractivity contribution >= 4 is 17.3 Å². The molecule has 0 radical (unpaired) electrons. The van der Waals surface area contributed by atoms with Gasteiger partial charge in [0.1, 0.15) is 0 Å². The van der Waals surface area contributed by atoms with E-state index in [1.54, 1.807) is 0 Å². The molecule has 2 aromatic carbocycles. The zero-order valence-electron chi connectivity index (χ0n) is 14.6. The summed E-state index contributed by atoms with van der Waals surface area (Å²) in [4.78, 5) is 26.1. The number of fused-ring (bicyclic) bond motifs is 2. The van der Waals surface area contributed by atoms with Crippen LogP contribution in [0.4, 0.5) is 0 Å². The van der Waals surface area contributed by atoms with Crippen molar-refractivity contribution in [3.05, 3.63) is 87.6 Å². The van der Waals surface area contributed by atoms with E-state index in [-0.39, 0.29) is 17.5 Å². The van der Waals surface area contributed by atoms with Gasteiger partial charge < -0.3 is 5.32 Å². The molecule has 3 aliphatic rings. The Morgan fingerprint density at radius 3 is 2.42 bits per heavy atom. The van der Waals surface area contributed by atoms with Crippen molar-refractivity contribution in [1.29, 1.82) is 0 Å². The lowest BCUT2D eigenvalue weighted by Crippen LogP contribution is -2.32. The second-order valence-electron chi connectivity index (χ2n) is 7.25. The summed E-state index contributed by atoms with van der Waals surface area (Å²) in [5.74, 6) is -0.0567. The Morgan fingerprint density at radius 1 is 0.885 bits per heavy atom. The minimum Gasteiger partial charge on any atom is -0.358 e. The standard InChI is InChI=1S/C23H19NO2/c1-13-7-2-3-8-14(13)19-20-17(11-6-12-18(20)25)24-22-15-9-4-5-10-16(15)23(26)21(19)22/h2-5,7-10,19,24H,6,11-12H2,1H3/t19-/m0/s1. The van der Waals surface area contributed by atoms with Crippen LogP contribution in [-0.2, 0) is 4.79 Å². The number of nitrogens with one attached hydrogen (secondary N) is 1. The molecule has 0 amide bonds. The van der Waals surface area contributed by atoms with Crippen LogP contribution in [0.25, 0.3) is 5.70 Å². The van der Waals surface area contributed by atoms with Crippen molar-refractivity contribution in [1.82, 2.24) is 5.32 Å². The van der Waals surface area contributed by atoms with E-state index in [4.69, 9.17) is 0 Å². The monoisotopic (exact) mass is 341 g/mol. The Balaban J connectivity index is 1.79. The van der Waals surface area contributed by atoms with Crippen molar-refractivity contribution in [2.75, 3.05) is 0 Å². The highest BCUT2D eigenvalue weighted by Gasteiger charge is 2.43. The maximum atomic E-state index is 13.3. The molecule has 26 heavy (non-hydrogen) atoms. The molecule has 1 aliphatic heterocycles. The number of carbonyl (C=O) groups is 2. The zero-order valence-corrected chi connectivity index (χ0v) is 14.6. The molecule has 1 atom stereocenters. The molecule has 5 rings (SSSR count). The smallest absolute Gasteiger partial charge is 0.192 e. The van der Waals surface area contributed by atoms with Crippen LogP contribution in [0.5, 0.6) is 0 Å². The van der Waals surface area contributed by atoms with Gasteiger partial charge in [0, 0.05) is 40.3 Å². The van der Waals surface area contributed by atoms with E-state index in [1.807, 2.05) is 36.4 Å². The van der Waals surface area contributed by atoms with E-state index >= 15 is 0 Å². The average molecular weight is 341 g/mol. The fourth-order valence-electron chi connectivity index (χ4n) is 4.56. The molecule has 2 aliphatic carbocycles. The fraction of sp³-hybridized carbons (Fsp3) is 0.217. The third kappa shape index (κ3) is 2.00. The summed E-state index contributed by atoms with van der Waals surface area (Å²) in [5, 5.41) is 3.47. The first-order valence-electron chi connectivity index (χ1n) is 9.14. The summed E-state index contributed by atoms with van der Waals surface area (Å²) in [5.41, 5.74) is 7.28. The molecule has 0 unspecified atom stereocenters. The lowest BCUT2D eigenvalue weighted by atomic mass is 9.74. The van der Waals surface area contributed by atoms with Gasteiger partial charge in [-0.3, -0.25) is 9.59 Å². The normalized spacial score (nSPS) is 21.3. The number of benzene rings is 2. The molecule has 0 spiro atoms. The van der Waals surface area contributed by atoms with Gasteiger partial charge in [0.2, 0.25) is 0 Å². The van der Waals surface area contributed by atoms with E-state index in [2.05, 4.69) is 24.4 Å². The number of aryl methyl sites for hydroxylation is 1. The Morgan fingerprint density at radius 2 is 1.62 bits per heavy atom. The molecular formula is C23H19NO2. The maximum Gasteiger partial charge on any atom is 0.192 e. The van der Waals surface area contributed by atoms with E-state index in [1.165, 1.54) is 0 Å². The van der Waals surface area contributed by atoms with Crippen LogP contribution >= 0.6 is 0 Å². The molecule has 3 nitrogen and oxygen atoms in total. The van der Waals surface area contributed by atoms with Gasteiger partial charge in [-0.2, -0.15) is 0 Å². The quantitative estimate of drug-likeness (QED) is 0.841. The third-order valence-corrected chi connectivity index (χ3v) is 5.76. The molecular weight excluding hydrogens is 322 g/mol. The first kappa shape index (κ1) is 15.3. The van der Waals surface area contributed by atoms with Gasteiger partial charge in [0.25, 0.3) is 0 Å². The van der Waals surface area contributed by atoms with Crippen LogP contribution in [0.3, 0.4) is 0 Å². The maximum absolute atomic E-state index is 13.3. The average Bonchev–Trinajstić information content (AvgIpc) is 2.94. The molecule has 1 N–H and O–H groups in total. The van der Waals surface area contributed by atoms with Crippen molar-refractivity contribution in [2.45, 2.75) is 32.1 Å². The summed E-state index contributed by atoms with van der Waals surface area (Å²) in [6.45, 7) is 2.05. The number of ketones is 2. The number of hydrogen-bond acceptors (Lipinski definition) is 3. The highest BCUT2D eigenvalue weighted by Crippen LogP contribution is 2.49. The molecule has 128 valence electrons. The van der Waals surface area contributed by atoms with Crippen LogP contribution < -0.4 is 5.32 Å². The summed E-state index contributed by atoms with van der Waals surface area (Å²) in [6.07, 6.45) is 2.28. The number of allylic oxidation sites excluding steroid dienone is 3. The first-order chi connectivity index (χ1) is 12.7. The molecule has 0 saturated carbocycles. The minimum absolute atomic E-state index is 0.0428. The van der Waals surface area contributed by atoms with Gasteiger partial charge in [-0.1, -0.05) is 48.5 Å². The van der Waals surface area contributed by atoms with Gasteiger partial charge in [-0.05, 0) is 30.9 Å². The Hall–Kier alpha value is -2.94. The van der Waals surface area contributed by atoms with Gasteiger partial charge in [-0.15, -0.1) is 0 Å². The van der Waals surface area contributed by atoms with E-state index in [0.29, 0.717) is 6.42 Å². The number of rotatable bonds is 1. The molecule has 3 heteroatoms. The van der Waals surface area contributed by atoms with E-state index < -0.39 is 0 Å². The fourth-order valence-corrected chi connectivity index (χ4v) is 4.56. The van der Waals surface area contributed by atoms with Crippen LogP contribution in [0, 0.1) is 6.92 Å². The van der Waals surface area contributed by atoms with Gasteiger partial charge in [0.05, 0.1) is 5.70 Å². The van der Waals surface area contributed by atoms with E-state index in [0.717, 1.165) is 57.6 Å². The van der Waals surface area contributed by atoms with Crippen LogP contribution in [-0.4, -0.2) is 11.6 Å². The molecule has 0 aromatic heterocycles. The van der Waals surface area contributed by atoms with Crippen LogP contribution in [0.15, 0.2) is 65.4 Å². The van der Waals surface area contributed by atoms with Crippen LogP contribution in [0.1, 0.15) is 52.2 Å². The highest BCUT2D eigenvalue weighted by atomic mass is 16.1. The van der Waals surface area contributed by atoms with E-state index in [9.17, 15) is 9.59 Å². The Bertz CT molecular complexity index is 1040. The highest BCUT2D eigenvalue weighted by molar-refractivity contribution is 6.23. The molecule has 0 fully saturated rings. The Labute approximate surface area is 152 Å². The largest absolute Gasteiger partial charge is 0.358 e. The van der Waals surface area contributed by atoms with Crippen LogP contribution in [0.2, 0.25) is 0 Å². The van der Waals surface area contributed by atoms with Gasteiger partial charge >= 0.3 is 0 Å². The number of dihydropyridines is 1. The molecule has 2 aromatic rings. The minimum atomic E-state index is -0.268. The van der Waals surface area contributed by atoms with Crippen molar-refractivity contribution in [2.24, 2.45) is 0 Å². The molecule has 0 saturated heterocycles. The van der Waals surface area contributed by atoms with Crippen molar-refractivity contribution < 1.29 is 9.59 Å². The number of carbonyl (C=O) groups excluding carboxylic acids is 2. The summed E-state index contributed by atoms with van der Waals surface area (Å²) in [7, 11) is 0. The predicted octanol–water partition coefficient (Wildman–Crippen LogP) is 4.30. The Kier molecular flexibility index (Phi) is 3.26. The number of hydrogen-bond donors (Lipinski definition) is 1. The summed E-state index contributed by atoms with van der Waals surface area (Å²) < 4.78 is 0. The zero-order chi connectivity index (χ0) is 17.8. The predicted molar refractivity (Wildman–Crippen MR) is 101 cm³/mol. The first-order valence-corrected chi connectivity index (χ1v) is 9.14. The number of Topliss-reactive ketones (excluding diaryl/α,β-unsaturated/α-hetero) is 2. The molecule has 0 bridgehead atoms. The summed E-state index contributed by atoms with van der Waals surface area (Å²) in [6, 6.07) is 15.8. The van der Waals surface area contributed by atoms with Gasteiger partial charge in [0.15, 0.2) is 11.6 Å². The lowest BCUT2D eigenvalue weighted by molar-refractivity contribution is -0.116. The second-order valence-corrected chi connectivity index (χ2v) is 7.25. The SMILES string of the molecule is Cc1ccccc1[C@H]1C2=C(CCCC2=O)NC2=C1C(=O)c1ccccc12. The molecule has 1 heterocycles. The summed E-state index contributed by atoms with van der Waals surface area (Å²) >= 11 is 0. The third-order valence-electron chi connectivity index (χ3n) is 5.76. The second kappa shape index (κ2) is 5.53. The topological polar surface area (TPSA) is 46.2 Å².